The van der Waals surface area contributed by atoms with Crippen LogP contribution in [0.25, 0.3) is 0 Å². The number of carbonyl (C=O) groups excluding carboxylic acids is 3. The van der Waals surface area contributed by atoms with E-state index >= 15 is 0 Å². The van der Waals surface area contributed by atoms with E-state index in [-0.39, 0.29) is 12.5 Å². The van der Waals surface area contributed by atoms with Crippen molar-refractivity contribution < 1.29 is 23.9 Å². The number of ether oxygens (including phenoxy) is 2. The molecule has 8 heteroatoms. The van der Waals surface area contributed by atoms with Crippen molar-refractivity contribution in [2.75, 3.05) is 13.2 Å². The zero-order valence-corrected chi connectivity index (χ0v) is 25.5. The van der Waals surface area contributed by atoms with Crippen molar-refractivity contribution in [2.24, 2.45) is 5.10 Å². The maximum Gasteiger partial charge on any atom is 0.343 e. The van der Waals surface area contributed by atoms with Crippen LogP contribution in [0.2, 0.25) is 0 Å². The second-order valence-electron chi connectivity index (χ2n) is 10.5. The molecule has 0 bridgehead atoms. The lowest BCUT2D eigenvalue weighted by molar-refractivity contribution is -0.126. The van der Waals surface area contributed by atoms with Crippen molar-refractivity contribution in [1.29, 1.82) is 0 Å². The highest BCUT2D eigenvalue weighted by Crippen LogP contribution is 2.17. The van der Waals surface area contributed by atoms with Crippen molar-refractivity contribution in [3.63, 3.8) is 0 Å². The SMILES string of the molecule is CCCCCCCCCCCCCC(=O)NCC(=O)NN=Cc1ccc(OC(=O)c2ccc(OCCCC)cc2)cc1. The zero-order chi connectivity index (χ0) is 30.3. The van der Waals surface area contributed by atoms with E-state index < -0.39 is 11.9 Å². The summed E-state index contributed by atoms with van der Waals surface area (Å²) in [5, 5.41) is 6.57. The first kappa shape index (κ1) is 34.5. The lowest BCUT2D eigenvalue weighted by atomic mass is 10.1. The number of hydrazone groups is 1. The van der Waals surface area contributed by atoms with Crippen LogP contribution in [-0.2, 0) is 9.59 Å². The predicted octanol–water partition coefficient (Wildman–Crippen LogP) is 7.35. The number of benzene rings is 2. The van der Waals surface area contributed by atoms with Crippen LogP contribution < -0.4 is 20.2 Å². The Morgan fingerprint density at radius 3 is 1.88 bits per heavy atom. The molecule has 0 spiro atoms. The Kier molecular flexibility index (Phi) is 18.1. The molecule has 0 aliphatic rings. The third-order valence-corrected chi connectivity index (χ3v) is 6.80. The fraction of sp³-hybridized carbons (Fsp3) is 0.529. The molecule has 2 aromatic carbocycles. The molecular formula is C34H49N3O5. The first-order chi connectivity index (χ1) is 20.5. The van der Waals surface area contributed by atoms with E-state index in [9.17, 15) is 14.4 Å². The van der Waals surface area contributed by atoms with Gasteiger partial charge in [-0.2, -0.15) is 5.10 Å². The first-order valence-corrected chi connectivity index (χ1v) is 15.7. The second-order valence-corrected chi connectivity index (χ2v) is 10.5. The Morgan fingerprint density at radius 1 is 0.690 bits per heavy atom. The number of esters is 1. The van der Waals surface area contributed by atoms with E-state index in [0.717, 1.165) is 37.9 Å². The van der Waals surface area contributed by atoms with Gasteiger partial charge in [0.25, 0.3) is 5.91 Å². The fourth-order valence-corrected chi connectivity index (χ4v) is 4.24. The van der Waals surface area contributed by atoms with E-state index in [0.29, 0.717) is 29.9 Å². The Balaban J connectivity index is 1.56. The summed E-state index contributed by atoms with van der Waals surface area (Å²) < 4.78 is 11.0. The maximum absolute atomic E-state index is 12.4. The molecule has 0 saturated heterocycles. The summed E-state index contributed by atoms with van der Waals surface area (Å²) in [5.74, 6) is 0.134. The number of unbranched alkanes of at least 4 members (excludes halogenated alkanes) is 11. The number of nitrogens with one attached hydrogen (secondary N) is 2. The van der Waals surface area contributed by atoms with Crippen LogP contribution in [0, 0.1) is 0 Å². The van der Waals surface area contributed by atoms with E-state index in [2.05, 4.69) is 29.7 Å². The minimum atomic E-state index is -0.464. The second kappa shape index (κ2) is 22.0. The zero-order valence-electron chi connectivity index (χ0n) is 25.5. The molecule has 0 heterocycles. The van der Waals surface area contributed by atoms with Gasteiger partial charge >= 0.3 is 5.97 Å². The fourth-order valence-electron chi connectivity index (χ4n) is 4.24. The molecule has 0 aliphatic heterocycles. The first-order valence-electron chi connectivity index (χ1n) is 15.7. The van der Waals surface area contributed by atoms with Crippen LogP contribution in [-0.4, -0.2) is 37.1 Å². The van der Waals surface area contributed by atoms with Crippen molar-refractivity contribution in [3.05, 3.63) is 59.7 Å². The Hall–Kier alpha value is -3.68. The third-order valence-electron chi connectivity index (χ3n) is 6.80. The summed E-state index contributed by atoms with van der Waals surface area (Å²) in [6, 6.07) is 13.6. The van der Waals surface area contributed by atoms with Crippen LogP contribution in [0.3, 0.4) is 0 Å². The molecule has 2 rings (SSSR count). The Morgan fingerprint density at radius 2 is 1.26 bits per heavy atom. The number of hydrogen-bond acceptors (Lipinski definition) is 6. The molecule has 0 radical (unpaired) electrons. The van der Waals surface area contributed by atoms with Gasteiger partial charge < -0.3 is 14.8 Å². The normalized spacial score (nSPS) is 10.9. The molecule has 230 valence electrons. The molecule has 0 atom stereocenters. The summed E-state index contributed by atoms with van der Waals surface area (Å²) in [7, 11) is 0. The molecule has 0 aromatic heterocycles. The van der Waals surface area contributed by atoms with E-state index in [1.807, 2.05) is 0 Å². The lowest BCUT2D eigenvalue weighted by Crippen LogP contribution is -2.34. The van der Waals surface area contributed by atoms with Crippen LogP contribution in [0.1, 0.15) is 120 Å². The van der Waals surface area contributed by atoms with Gasteiger partial charge in [-0.25, -0.2) is 10.2 Å². The van der Waals surface area contributed by atoms with Crippen LogP contribution in [0.5, 0.6) is 11.5 Å². The van der Waals surface area contributed by atoms with E-state index in [1.165, 1.54) is 57.6 Å². The van der Waals surface area contributed by atoms with Crippen molar-refractivity contribution in [3.8, 4) is 11.5 Å². The highest BCUT2D eigenvalue weighted by molar-refractivity contribution is 5.91. The Bertz CT molecular complexity index is 1070. The number of carbonyl (C=O) groups is 3. The van der Waals surface area contributed by atoms with Crippen LogP contribution in [0.4, 0.5) is 0 Å². The number of nitrogens with zero attached hydrogens (tertiary/aromatic N) is 1. The number of amides is 2. The monoisotopic (exact) mass is 579 g/mol. The summed E-state index contributed by atoms with van der Waals surface area (Å²) in [5.41, 5.74) is 3.55. The predicted molar refractivity (Wildman–Crippen MR) is 168 cm³/mol. The molecule has 0 unspecified atom stereocenters. The highest BCUT2D eigenvalue weighted by atomic mass is 16.5. The molecule has 0 fully saturated rings. The minimum absolute atomic E-state index is 0.116. The van der Waals surface area contributed by atoms with Gasteiger partial charge in [0.1, 0.15) is 11.5 Å². The molecule has 2 amide bonds. The van der Waals surface area contributed by atoms with Gasteiger partial charge in [-0.3, -0.25) is 9.59 Å². The van der Waals surface area contributed by atoms with Gasteiger partial charge in [0, 0.05) is 6.42 Å². The third kappa shape index (κ3) is 15.9. The van der Waals surface area contributed by atoms with Crippen molar-refractivity contribution >= 4 is 24.0 Å². The summed E-state index contributed by atoms with van der Waals surface area (Å²) in [6.45, 7) is 4.87. The largest absolute Gasteiger partial charge is 0.494 e. The summed E-state index contributed by atoms with van der Waals surface area (Å²) >= 11 is 0. The van der Waals surface area contributed by atoms with Crippen molar-refractivity contribution in [1.82, 2.24) is 10.7 Å². The highest BCUT2D eigenvalue weighted by Gasteiger charge is 2.09. The van der Waals surface area contributed by atoms with Gasteiger partial charge in [-0.1, -0.05) is 84.5 Å². The van der Waals surface area contributed by atoms with E-state index in [4.69, 9.17) is 9.47 Å². The van der Waals surface area contributed by atoms with Crippen LogP contribution in [0.15, 0.2) is 53.6 Å². The molecule has 0 saturated carbocycles. The van der Waals surface area contributed by atoms with Crippen LogP contribution >= 0.6 is 0 Å². The van der Waals surface area contributed by atoms with Gasteiger partial charge in [-0.05, 0) is 66.9 Å². The smallest absolute Gasteiger partial charge is 0.343 e. The topological polar surface area (TPSA) is 106 Å². The van der Waals surface area contributed by atoms with Gasteiger partial charge in [0.2, 0.25) is 5.91 Å². The maximum atomic E-state index is 12.4. The molecule has 2 N–H and O–H groups in total. The standard InChI is InChI=1S/C34H49N3O5/c1-3-5-7-8-9-10-11-12-13-14-15-16-32(38)35-27-33(39)37-36-26-28-17-21-31(22-18-28)42-34(40)29-19-23-30(24-20-29)41-25-6-4-2/h17-24,26H,3-16,25,27H2,1-2H3,(H,35,38)(H,37,39). The molecule has 8 nitrogen and oxygen atoms in total. The molecule has 42 heavy (non-hydrogen) atoms. The summed E-state index contributed by atoms with van der Waals surface area (Å²) in [4.78, 5) is 36.4. The van der Waals surface area contributed by atoms with Gasteiger partial charge in [0.15, 0.2) is 0 Å². The van der Waals surface area contributed by atoms with E-state index in [1.54, 1.807) is 48.5 Å². The quantitative estimate of drug-likeness (QED) is 0.0499. The Labute approximate surface area is 251 Å². The molecular weight excluding hydrogens is 530 g/mol. The minimum Gasteiger partial charge on any atom is -0.494 e. The molecule has 2 aromatic rings. The number of rotatable bonds is 22. The average Bonchev–Trinajstić information content (AvgIpc) is 3.00. The van der Waals surface area contributed by atoms with Gasteiger partial charge in [0.05, 0.1) is 24.9 Å². The summed E-state index contributed by atoms with van der Waals surface area (Å²) in [6.07, 6.45) is 17.5. The van der Waals surface area contributed by atoms with Gasteiger partial charge in [-0.15, -0.1) is 0 Å². The lowest BCUT2D eigenvalue weighted by Gasteiger charge is -2.07. The molecule has 0 aliphatic carbocycles. The average molecular weight is 580 g/mol. The number of hydrogen-bond donors (Lipinski definition) is 2. The van der Waals surface area contributed by atoms with Crippen molar-refractivity contribution in [2.45, 2.75) is 104 Å².